The number of rotatable bonds is 4. The molecule has 21 heavy (non-hydrogen) atoms. The number of hydrogen-bond donors (Lipinski definition) is 1. The quantitative estimate of drug-likeness (QED) is 0.932. The molecule has 1 amide bonds. The van der Waals surface area contributed by atoms with Gasteiger partial charge in [-0.3, -0.25) is 4.79 Å². The highest BCUT2D eigenvalue weighted by molar-refractivity contribution is 7.21. The molecule has 1 atom stereocenters. The average Bonchev–Trinajstić information content (AvgIpc) is 2.80. The molecule has 0 aliphatic rings. The second-order valence-electron chi connectivity index (χ2n) is 4.86. The zero-order chi connectivity index (χ0) is 15.6. The number of carbonyl (C=O) groups excluding carboxylic acids is 1. The van der Waals surface area contributed by atoms with Crippen LogP contribution in [0.15, 0.2) is 18.2 Å². The van der Waals surface area contributed by atoms with E-state index < -0.39 is 0 Å². The van der Waals surface area contributed by atoms with Crippen molar-refractivity contribution in [3.05, 3.63) is 28.1 Å². The Morgan fingerprint density at radius 1 is 1.57 bits per heavy atom. The number of benzene rings is 1. The molecule has 2 N–H and O–H groups in total. The summed E-state index contributed by atoms with van der Waals surface area (Å²) in [7, 11) is 0. The Morgan fingerprint density at radius 3 is 2.90 bits per heavy atom. The van der Waals surface area contributed by atoms with Crippen molar-refractivity contribution in [3.8, 4) is 6.07 Å². The number of nitrogen functional groups attached to an aromatic ring is 1. The van der Waals surface area contributed by atoms with Crippen molar-refractivity contribution in [3.63, 3.8) is 0 Å². The van der Waals surface area contributed by atoms with Crippen LogP contribution >= 0.6 is 22.9 Å². The van der Waals surface area contributed by atoms with Crippen LogP contribution < -0.4 is 5.73 Å². The predicted octanol–water partition coefficient (Wildman–Crippen LogP) is 3.76. The number of nitriles is 1. The van der Waals surface area contributed by atoms with Gasteiger partial charge in [0.25, 0.3) is 5.91 Å². The molecule has 1 unspecified atom stereocenters. The summed E-state index contributed by atoms with van der Waals surface area (Å²) < 4.78 is 0.935. The largest absolute Gasteiger partial charge is 0.397 e. The van der Waals surface area contributed by atoms with Gasteiger partial charge in [-0.2, -0.15) is 5.26 Å². The van der Waals surface area contributed by atoms with Gasteiger partial charge in [-0.15, -0.1) is 11.3 Å². The van der Waals surface area contributed by atoms with Gasteiger partial charge < -0.3 is 10.6 Å². The molecule has 0 spiro atoms. The van der Waals surface area contributed by atoms with Crippen LogP contribution in [-0.2, 0) is 0 Å². The smallest absolute Gasteiger partial charge is 0.266 e. The lowest BCUT2D eigenvalue weighted by Gasteiger charge is -2.21. The van der Waals surface area contributed by atoms with Gasteiger partial charge in [0, 0.05) is 28.2 Å². The number of thiophene rings is 1. The van der Waals surface area contributed by atoms with Crippen molar-refractivity contribution in [1.29, 1.82) is 5.26 Å². The number of carbonyl (C=O) groups is 1. The summed E-state index contributed by atoms with van der Waals surface area (Å²) >= 11 is 7.34. The fourth-order valence-corrected chi connectivity index (χ4v) is 3.36. The van der Waals surface area contributed by atoms with Gasteiger partial charge in [0.1, 0.15) is 4.88 Å². The minimum atomic E-state index is -0.209. The van der Waals surface area contributed by atoms with Gasteiger partial charge in [-0.05, 0) is 32.0 Å². The molecular formula is C15H16ClN3OS. The first-order valence-electron chi connectivity index (χ1n) is 6.64. The normalized spacial score (nSPS) is 12.1. The Labute approximate surface area is 132 Å². The fourth-order valence-electron chi connectivity index (χ4n) is 2.12. The summed E-state index contributed by atoms with van der Waals surface area (Å²) in [4.78, 5) is 14.8. The zero-order valence-corrected chi connectivity index (χ0v) is 13.5. The molecule has 0 radical (unpaired) electrons. The summed E-state index contributed by atoms with van der Waals surface area (Å²) in [5, 5.41) is 10.3. The van der Waals surface area contributed by atoms with Gasteiger partial charge in [-0.25, -0.2) is 0 Å². The van der Waals surface area contributed by atoms with E-state index in [-0.39, 0.29) is 11.8 Å². The summed E-state index contributed by atoms with van der Waals surface area (Å²) in [6, 6.07) is 7.56. The minimum absolute atomic E-state index is 0.130. The maximum Gasteiger partial charge on any atom is 0.266 e. The van der Waals surface area contributed by atoms with Crippen molar-refractivity contribution in [2.45, 2.75) is 13.8 Å². The van der Waals surface area contributed by atoms with Crippen LogP contribution in [0.1, 0.15) is 23.5 Å². The standard InChI is InChI=1S/C15H16ClN3OS/c1-3-19(8-9(2)7-17)15(20)14-13(18)11-6-10(16)4-5-12(11)21-14/h4-6,9H,3,8,18H2,1-2H3. The van der Waals surface area contributed by atoms with E-state index in [1.807, 2.05) is 13.0 Å². The number of nitrogens with zero attached hydrogens (tertiary/aromatic N) is 2. The highest BCUT2D eigenvalue weighted by Gasteiger charge is 2.22. The lowest BCUT2D eigenvalue weighted by Crippen LogP contribution is -2.34. The number of halogens is 1. The first-order chi connectivity index (χ1) is 9.97. The third-order valence-electron chi connectivity index (χ3n) is 3.27. The molecule has 4 nitrogen and oxygen atoms in total. The number of amides is 1. The van der Waals surface area contributed by atoms with Crippen LogP contribution in [0.4, 0.5) is 5.69 Å². The Kier molecular flexibility index (Phi) is 4.71. The maximum absolute atomic E-state index is 12.6. The molecule has 0 aliphatic carbocycles. The molecule has 6 heteroatoms. The highest BCUT2D eigenvalue weighted by Crippen LogP contribution is 2.36. The van der Waals surface area contributed by atoms with E-state index in [1.54, 1.807) is 24.0 Å². The summed E-state index contributed by atoms with van der Waals surface area (Å²) in [5.74, 6) is -0.339. The molecule has 2 rings (SSSR count). The van der Waals surface area contributed by atoms with Gasteiger partial charge in [0.05, 0.1) is 17.7 Å². The second-order valence-corrected chi connectivity index (χ2v) is 6.35. The van der Waals surface area contributed by atoms with Gasteiger partial charge in [-0.1, -0.05) is 11.6 Å². The molecule has 1 heterocycles. The molecule has 110 valence electrons. The van der Waals surface area contributed by atoms with Crippen LogP contribution in [0.25, 0.3) is 10.1 Å². The molecule has 0 fully saturated rings. The molecule has 1 aromatic carbocycles. The average molecular weight is 322 g/mol. The van der Waals surface area contributed by atoms with Crippen LogP contribution in [0.2, 0.25) is 5.02 Å². The van der Waals surface area contributed by atoms with Crippen LogP contribution in [0.3, 0.4) is 0 Å². The molecule has 0 bridgehead atoms. The van der Waals surface area contributed by atoms with Crippen molar-refractivity contribution >= 4 is 44.6 Å². The van der Waals surface area contributed by atoms with Crippen LogP contribution in [0, 0.1) is 17.2 Å². The summed E-state index contributed by atoms with van der Waals surface area (Å²) in [6.07, 6.45) is 0. The lowest BCUT2D eigenvalue weighted by atomic mass is 10.2. The van der Waals surface area contributed by atoms with Crippen molar-refractivity contribution in [2.75, 3.05) is 18.8 Å². The Balaban J connectivity index is 2.38. The van der Waals surface area contributed by atoms with E-state index in [0.717, 1.165) is 10.1 Å². The molecule has 0 saturated heterocycles. The molecule has 0 saturated carbocycles. The lowest BCUT2D eigenvalue weighted by molar-refractivity contribution is 0.0758. The van der Waals surface area contributed by atoms with Gasteiger partial charge in [0.15, 0.2) is 0 Å². The SMILES string of the molecule is CCN(CC(C)C#N)C(=O)c1sc2ccc(Cl)cc2c1N. The van der Waals surface area contributed by atoms with Crippen molar-refractivity contribution in [1.82, 2.24) is 4.90 Å². The van der Waals surface area contributed by atoms with Crippen molar-refractivity contribution in [2.24, 2.45) is 5.92 Å². The molecule has 1 aromatic heterocycles. The minimum Gasteiger partial charge on any atom is -0.397 e. The number of nitrogens with two attached hydrogens (primary N) is 1. The first-order valence-corrected chi connectivity index (χ1v) is 7.83. The monoisotopic (exact) mass is 321 g/mol. The summed E-state index contributed by atoms with van der Waals surface area (Å²) in [6.45, 7) is 4.63. The van der Waals surface area contributed by atoms with Gasteiger partial charge >= 0.3 is 0 Å². The number of anilines is 1. The Morgan fingerprint density at radius 2 is 2.29 bits per heavy atom. The van der Waals surface area contributed by atoms with E-state index in [1.165, 1.54) is 11.3 Å². The zero-order valence-electron chi connectivity index (χ0n) is 11.9. The fraction of sp³-hybridized carbons (Fsp3) is 0.333. The van der Waals surface area contributed by atoms with E-state index in [9.17, 15) is 4.79 Å². The molecule has 2 aromatic rings. The Bertz CT molecular complexity index is 720. The van der Waals surface area contributed by atoms with Crippen LogP contribution in [0.5, 0.6) is 0 Å². The van der Waals surface area contributed by atoms with E-state index in [4.69, 9.17) is 22.6 Å². The molecule has 0 aliphatic heterocycles. The number of hydrogen-bond acceptors (Lipinski definition) is 4. The van der Waals surface area contributed by atoms with Crippen molar-refractivity contribution < 1.29 is 4.79 Å². The topological polar surface area (TPSA) is 70.1 Å². The highest BCUT2D eigenvalue weighted by atomic mass is 35.5. The third-order valence-corrected chi connectivity index (χ3v) is 4.68. The predicted molar refractivity (Wildman–Crippen MR) is 87.6 cm³/mol. The number of fused-ring (bicyclic) bond motifs is 1. The maximum atomic E-state index is 12.6. The van der Waals surface area contributed by atoms with E-state index in [0.29, 0.717) is 28.7 Å². The van der Waals surface area contributed by atoms with Crippen LogP contribution in [-0.4, -0.2) is 23.9 Å². The van der Waals surface area contributed by atoms with E-state index >= 15 is 0 Å². The Hall–Kier alpha value is -1.77. The van der Waals surface area contributed by atoms with Gasteiger partial charge in [0.2, 0.25) is 0 Å². The third kappa shape index (κ3) is 3.12. The summed E-state index contributed by atoms with van der Waals surface area (Å²) in [5.41, 5.74) is 6.57. The first kappa shape index (κ1) is 15.6. The van der Waals surface area contributed by atoms with E-state index in [2.05, 4.69) is 6.07 Å². The molecular weight excluding hydrogens is 306 g/mol. The second kappa shape index (κ2) is 6.33.